The van der Waals surface area contributed by atoms with Crippen LogP contribution in [0.3, 0.4) is 0 Å². The summed E-state index contributed by atoms with van der Waals surface area (Å²) in [6.45, 7) is 0.604. The second kappa shape index (κ2) is 14.9. The van der Waals surface area contributed by atoms with E-state index < -0.39 is 12.0 Å². The molecule has 1 aromatic rings. The molecule has 1 aliphatic rings. The number of furan rings is 1. The van der Waals surface area contributed by atoms with Gasteiger partial charge in [-0.05, 0) is 44.4 Å². The molecule has 0 spiro atoms. The van der Waals surface area contributed by atoms with E-state index in [1.54, 1.807) is 12.1 Å². The standard InChI is InChI=1S/C6H14N2O2.C6H13N.C5H4O2/c7-4-2-1-3-5(8)6(9)10;7-6-4-2-1-3-5-6;6-4-5-2-1-3-7-5/h5H,1-4,7-8H2,(H,9,10);6H,1-5,7H2;1-4H/t5-;;/m0../s1. The summed E-state index contributed by atoms with van der Waals surface area (Å²) in [7, 11) is 0. The van der Waals surface area contributed by atoms with Crippen molar-refractivity contribution in [3.63, 3.8) is 0 Å². The lowest BCUT2D eigenvalue weighted by Crippen LogP contribution is -2.29. The van der Waals surface area contributed by atoms with Crippen molar-refractivity contribution in [3.8, 4) is 0 Å². The van der Waals surface area contributed by atoms with E-state index in [4.69, 9.17) is 22.3 Å². The van der Waals surface area contributed by atoms with Crippen molar-refractivity contribution in [2.24, 2.45) is 17.2 Å². The third-order valence-corrected chi connectivity index (χ3v) is 3.60. The lowest BCUT2D eigenvalue weighted by atomic mass is 9.97. The van der Waals surface area contributed by atoms with E-state index >= 15 is 0 Å². The first-order valence-corrected chi connectivity index (χ1v) is 8.44. The summed E-state index contributed by atoms with van der Waals surface area (Å²) in [6, 6.07) is 3.09. The Morgan fingerprint density at radius 2 is 2.00 bits per heavy atom. The van der Waals surface area contributed by atoms with E-state index in [0.29, 0.717) is 31.1 Å². The minimum absolute atomic E-state index is 0.375. The summed E-state index contributed by atoms with van der Waals surface area (Å²) in [4.78, 5) is 19.9. The van der Waals surface area contributed by atoms with Gasteiger partial charge in [0.25, 0.3) is 0 Å². The molecule has 7 N–H and O–H groups in total. The summed E-state index contributed by atoms with van der Waals surface area (Å²) >= 11 is 0. The monoisotopic (exact) mass is 341 g/mol. The summed E-state index contributed by atoms with van der Waals surface area (Å²) in [5.74, 6) is -0.558. The largest absolute Gasteiger partial charge is 0.480 e. The van der Waals surface area contributed by atoms with Crippen LogP contribution in [-0.2, 0) is 4.79 Å². The van der Waals surface area contributed by atoms with Gasteiger partial charge in [-0.3, -0.25) is 9.59 Å². The van der Waals surface area contributed by atoms with Crippen molar-refractivity contribution >= 4 is 12.3 Å². The van der Waals surface area contributed by atoms with Crippen LogP contribution in [-0.4, -0.2) is 36.0 Å². The summed E-state index contributed by atoms with van der Waals surface area (Å²) in [5.41, 5.74) is 16.1. The molecule has 2 rings (SSSR count). The van der Waals surface area contributed by atoms with Gasteiger partial charge in [-0.25, -0.2) is 0 Å². The molecule has 0 radical (unpaired) electrons. The van der Waals surface area contributed by atoms with Gasteiger partial charge in [0.2, 0.25) is 0 Å². The molecular weight excluding hydrogens is 310 g/mol. The highest BCUT2D eigenvalue weighted by molar-refractivity contribution is 5.72. The maximum Gasteiger partial charge on any atom is 0.320 e. The van der Waals surface area contributed by atoms with Crippen LogP contribution < -0.4 is 17.2 Å². The highest BCUT2D eigenvalue weighted by Gasteiger charge is 2.09. The van der Waals surface area contributed by atoms with E-state index in [2.05, 4.69) is 4.42 Å². The number of carboxylic acids is 1. The van der Waals surface area contributed by atoms with E-state index in [0.717, 1.165) is 12.8 Å². The maximum absolute atomic E-state index is 10.1. The Kier molecular flexibility index (Phi) is 13.8. The molecule has 1 atom stereocenters. The lowest BCUT2D eigenvalue weighted by Gasteiger charge is -2.15. The first-order chi connectivity index (χ1) is 11.5. The highest BCUT2D eigenvalue weighted by atomic mass is 16.4. The Hall–Kier alpha value is -1.70. The molecule has 1 aliphatic carbocycles. The zero-order chi connectivity index (χ0) is 18.2. The first-order valence-electron chi connectivity index (χ1n) is 8.44. The Labute approximate surface area is 143 Å². The highest BCUT2D eigenvalue weighted by Crippen LogP contribution is 2.14. The molecular formula is C17H31N3O4. The number of aliphatic carboxylic acids is 1. The molecule has 0 amide bonds. The minimum atomic E-state index is -0.933. The van der Waals surface area contributed by atoms with Gasteiger partial charge < -0.3 is 26.7 Å². The van der Waals surface area contributed by atoms with Crippen LogP contribution in [0.15, 0.2) is 22.8 Å². The number of aldehydes is 1. The molecule has 7 heteroatoms. The Bertz CT molecular complexity index is 417. The van der Waals surface area contributed by atoms with Crippen LogP contribution in [0, 0.1) is 0 Å². The van der Waals surface area contributed by atoms with Gasteiger partial charge in [0.05, 0.1) is 6.26 Å². The molecule has 1 heterocycles. The van der Waals surface area contributed by atoms with Crippen LogP contribution in [0.4, 0.5) is 0 Å². The van der Waals surface area contributed by atoms with Gasteiger partial charge in [0, 0.05) is 6.04 Å². The molecule has 24 heavy (non-hydrogen) atoms. The fourth-order valence-electron chi connectivity index (χ4n) is 2.12. The molecule has 0 aliphatic heterocycles. The SMILES string of the molecule is NC1CCCCC1.NCCCC[C@H](N)C(=O)O.O=Cc1ccco1. The van der Waals surface area contributed by atoms with Gasteiger partial charge in [-0.2, -0.15) is 0 Å². The lowest BCUT2D eigenvalue weighted by molar-refractivity contribution is -0.138. The van der Waals surface area contributed by atoms with Crippen LogP contribution in [0.5, 0.6) is 0 Å². The molecule has 0 saturated heterocycles. The van der Waals surface area contributed by atoms with Crippen LogP contribution >= 0.6 is 0 Å². The average molecular weight is 341 g/mol. The summed E-state index contributed by atoms with van der Waals surface area (Å²) in [6.07, 6.45) is 11.0. The molecule has 7 nitrogen and oxygen atoms in total. The van der Waals surface area contributed by atoms with Crippen molar-refractivity contribution in [3.05, 3.63) is 24.2 Å². The normalized spacial score (nSPS) is 15.3. The number of carbonyl (C=O) groups excluding carboxylic acids is 1. The number of carboxylic acid groups (broad SMARTS) is 1. The topological polar surface area (TPSA) is 146 Å². The molecule has 1 saturated carbocycles. The Balaban J connectivity index is 0.000000337. The maximum atomic E-state index is 10.1. The van der Waals surface area contributed by atoms with Gasteiger partial charge in [0.1, 0.15) is 6.04 Å². The van der Waals surface area contributed by atoms with Crippen molar-refractivity contribution in [1.29, 1.82) is 0 Å². The number of nitrogens with two attached hydrogens (primary N) is 3. The van der Waals surface area contributed by atoms with E-state index in [-0.39, 0.29) is 0 Å². The second-order valence-electron chi connectivity index (χ2n) is 5.76. The van der Waals surface area contributed by atoms with Gasteiger partial charge in [-0.1, -0.05) is 25.7 Å². The number of hydrogen-bond acceptors (Lipinski definition) is 6. The predicted octanol–water partition coefficient (Wildman–Crippen LogP) is 1.90. The zero-order valence-corrected chi connectivity index (χ0v) is 14.2. The van der Waals surface area contributed by atoms with Crippen molar-refractivity contribution in [2.45, 2.75) is 63.5 Å². The van der Waals surface area contributed by atoms with Crippen molar-refractivity contribution in [1.82, 2.24) is 0 Å². The Morgan fingerprint density at radius 1 is 1.33 bits per heavy atom. The Morgan fingerprint density at radius 3 is 2.33 bits per heavy atom. The number of rotatable bonds is 6. The number of hydrogen-bond donors (Lipinski definition) is 4. The minimum Gasteiger partial charge on any atom is -0.480 e. The molecule has 0 unspecified atom stereocenters. The summed E-state index contributed by atoms with van der Waals surface area (Å²) < 4.78 is 4.61. The number of unbranched alkanes of at least 4 members (excludes halogenated alkanes) is 1. The van der Waals surface area contributed by atoms with E-state index in [9.17, 15) is 9.59 Å². The van der Waals surface area contributed by atoms with E-state index in [1.165, 1.54) is 38.4 Å². The smallest absolute Gasteiger partial charge is 0.320 e. The van der Waals surface area contributed by atoms with E-state index in [1.807, 2.05) is 0 Å². The molecule has 1 fully saturated rings. The first kappa shape index (κ1) is 22.3. The van der Waals surface area contributed by atoms with Crippen LogP contribution in [0.2, 0.25) is 0 Å². The third-order valence-electron chi connectivity index (χ3n) is 3.60. The predicted molar refractivity (Wildman–Crippen MR) is 93.7 cm³/mol. The van der Waals surface area contributed by atoms with Crippen molar-refractivity contribution < 1.29 is 19.1 Å². The quantitative estimate of drug-likeness (QED) is 0.456. The molecule has 138 valence electrons. The third kappa shape index (κ3) is 12.8. The summed E-state index contributed by atoms with van der Waals surface area (Å²) in [5, 5.41) is 8.33. The fourth-order valence-corrected chi connectivity index (χ4v) is 2.12. The average Bonchev–Trinajstić information content (AvgIpc) is 3.10. The molecule has 1 aromatic heterocycles. The number of carbonyl (C=O) groups is 2. The van der Waals surface area contributed by atoms with Gasteiger partial charge in [-0.15, -0.1) is 0 Å². The van der Waals surface area contributed by atoms with Gasteiger partial charge >= 0.3 is 5.97 Å². The van der Waals surface area contributed by atoms with Crippen LogP contribution in [0.25, 0.3) is 0 Å². The van der Waals surface area contributed by atoms with Crippen molar-refractivity contribution in [2.75, 3.05) is 6.54 Å². The fraction of sp³-hybridized carbons (Fsp3) is 0.647. The molecule has 0 aromatic carbocycles. The van der Waals surface area contributed by atoms with Gasteiger partial charge in [0.15, 0.2) is 12.0 Å². The molecule has 0 bridgehead atoms. The second-order valence-corrected chi connectivity index (χ2v) is 5.76. The van der Waals surface area contributed by atoms with Crippen LogP contribution in [0.1, 0.15) is 61.9 Å². The zero-order valence-electron chi connectivity index (χ0n) is 14.2.